The van der Waals surface area contributed by atoms with E-state index in [1.165, 1.54) is 16.7 Å². The van der Waals surface area contributed by atoms with Gasteiger partial charge in [0.2, 0.25) is 0 Å². The van der Waals surface area contributed by atoms with Crippen LogP contribution in [0.1, 0.15) is 17.0 Å². The molecule has 0 spiro atoms. The fourth-order valence-electron chi connectivity index (χ4n) is 3.05. The third-order valence-corrected chi connectivity index (χ3v) is 3.96. The Bertz CT molecular complexity index is 565. The van der Waals surface area contributed by atoms with Crippen LogP contribution in [0.3, 0.4) is 0 Å². The van der Waals surface area contributed by atoms with Gasteiger partial charge < -0.3 is 14.6 Å². The van der Waals surface area contributed by atoms with Crippen LogP contribution >= 0.6 is 0 Å². The van der Waals surface area contributed by atoms with Crippen molar-refractivity contribution in [2.75, 3.05) is 13.1 Å². The summed E-state index contributed by atoms with van der Waals surface area (Å²) in [7, 11) is 0. The highest BCUT2D eigenvalue weighted by molar-refractivity contribution is 5.67. The SMILES string of the molecule is c1cc(-c2cnoc2)c2c(c1)[C@H]1CNC[C@H]1OC2. The van der Waals surface area contributed by atoms with Crippen molar-refractivity contribution >= 4 is 0 Å². The summed E-state index contributed by atoms with van der Waals surface area (Å²) in [6.45, 7) is 2.64. The maximum Gasteiger partial charge on any atom is 0.131 e. The first-order chi connectivity index (χ1) is 8.93. The first-order valence-electron chi connectivity index (χ1n) is 6.27. The maximum absolute atomic E-state index is 5.95. The van der Waals surface area contributed by atoms with Crippen LogP contribution in [-0.2, 0) is 11.3 Å². The van der Waals surface area contributed by atoms with Gasteiger partial charge in [0.05, 0.1) is 18.9 Å². The minimum atomic E-state index is 0.329. The molecule has 1 fully saturated rings. The van der Waals surface area contributed by atoms with E-state index in [0.29, 0.717) is 18.6 Å². The van der Waals surface area contributed by atoms with Gasteiger partial charge in [-0.1, -0.05) is 23.4 Å². The molecule has 0 bridgehead atoms. The molecule has 3 heterocycles. The second-order valence-corrected chi connectivity index (χ2v) is 4.90. The average Bonchev–Trinajstić information content (AvgIpc) is 3.09. The topological polar surface area (TPSA) is 47.3 Å². The highest BCUT2D eigenvalue weighted by Crippen LogP contribution is 2.38. The number of ether oxygens (including phenoxy) is 1. The molecule has 1 aromatic carbocycles. The second kappa shape index (κ2) is 3.93. The fourth-order valence-corrected chi connectivity index (χ4v) is 3.05. The van der Waals surface area contributed by atoms with Gasteiger partial charge in [-0.3, -0.25) is 0 Å². The molecule has 2 aromatic rings. The standard InChI is InChI=1S/C14H14N2O2/c1-2-10(9-4-16-18-7-9)13-8-17-14-6-15-5-12(14)11(13)3-1/h1-4,7,12,14-15H,5-6,8H2/t12-,14-/m1/s1. The van der Waals surface area contributed by atoms with Crippen LogP contribution in [0.15, 0.2) is 35.2 Å². The van der Waals surface area contributed by atoms with Crippen LogP contribution in [-0.4, -0.2) is 24.4 Å². The molecule has 0 radical (unpaired) electrons. The van der Waals surface area contributed by atoms with E-state index in [2.05, 4.69) is 28.7 Å². The number of fused-ring (bicyclic) bond motifs is 3. The van der Waals surface area contributed by atoms with Crippen LogP contribution in [0.2, 0.25) is 0 Å². The molecule has 92 valence electrons. The van der Waals surface area contributed by atoms with Gasteiger partial charge in [0, 0.05) is 24.6 Å². The summed E-state index contributed by atoms with van der Waals surface area (Å²) in [5, 5.41) is 7.19. The highest BCUT2D eigenvalue weighted by Gasteiger charge is 2.35. The molecule has 4 rings (SSSR count). The minimum Gasteiger partial charge on any atom is -0.371 e. The van der Waals surface area contributed by atoms with Gasteiger partial charge in [-0.2, -0.15) is 0 Å². The van der Waals surface area contributed by atoms with E-state index < -0.39 is 0 Å². The molecular weight excluding hydrogens is 228 g/mol. The lowest BCUT2D eigenvalue weighted by Crippen LogP contribution is -2.27. The van der Waals surface area contributed by atoms with Crippen LogP contribution in [0.25, 0.3) is 11.1 Å². The quantitative estimate of drug-likeness (QED) is 0.830. The van der Waals surface area contributed by atoms with E-state index in [0.717, 1.165) is 18.7 Å². The van der Waals surface area contributed by atoms with Crippen molar-refractivity contribution in [2.24, 2.45) is 0 Å². The van der Waals surface area contributed by atoms with Crippen molar-refractivity contribution in [3.63, 3.8) is 0 Å². The van der Waals surface area contributed by atoms with Crippen molar-refractivity contribution in [1.29, 1.82) is 0 Å². The van der Waals surface area contributed by atoms with E-state index in [-0.39, 0.29) is 0 Å². The van der Waals surface area contributed by atoms with Crippen LogP contribution < -0.4 is 5.32 Å². The highest BCUT2D eigenvalue weighted by atomic mass is 16.5. The first-order valence-corrected chi connectivity index (χ1v) is 6.27. The van der Waals surface area contributed by atoms with E-state index in [4.69, 9.17) is 9.26 Å². The molecule has 0 unspecified atom stereocenters. The summed E-state index contributed by atoms with van der Waals surface area (Å²) < 4.78 is 10.9. The summed E-state index contributed by atoms with van der Waals surface area (Å²) in [5.74, 6) is 0.480. The lowest BCUT2D eigenvalue weighted by atomic mass is 9.86. The molecule has 2 aliphatic rings. The third-order valence-electron chi connectivity index (χ3n) is 3.96. The third kappa shape index (κ3) is 1.43. The summed E-state index contributed by atoms with van der Waals surface area (Å²) >= 11 is 0. The number of aromatic nitrogens is 1. The Hall–Kier alpha value is -1.65. The van der Waals surface area contributed by atoms with Crippen LogP contribution in [0.5, 0.6) is 0 Å². The van der Waals surface area contributed by atoms with E-state index in [1.54, 1.807) is 12.5 Å². The predicted molar refractivity (Wildman–Crippen MR) is 66.1 cm³/mol. The summed E-state index contributed by atoms with van der Waals surface area (Å²) in [6, 6.07) is 6.44. The maximum atomic E-state index is 5.95. The van der Waals surface area contributed by atoms with E-state index >= 15 is 0 Å². The van der Waals surface area contributed by atoms with E-state index in [9.17, 15) is 0 Å². The van der Waals surface area contributed by atoms with Crippen molar-refractivity contribution in [2.45, 2.75) is 18.6 Å². The number of benzene rings is 1. The molecule has 1 saturated heterocycles. The molecule has 2 aliphatic heterocycles. The molecule has 0 saturated carbocycles. The van der Waals surface area contributed by atoms with Crippen molar-refractivity contribution in [3.05, 3.63) is 41.8 Å². The Morgan fingerprint density at radius 3 is 3.17 bits per heavy atom. The van der Waals surface area contributed by atoms with Crippen LogP contribution in [0, 0.1) is 0 Å². The number of hydrogen-bond donors (Lipinski definition) is 1. The van der Waals surface area contributed by atoms with Gasteiger partial charge in [0.1, 0.15) is 6.26 Å². The van der Waals surface area contributed by atoms with Gasteiger partial charge in [-0.15, -0.1) is 0 Å². The molecule has 4 heteroatoms. The van der Waals surface area contributed by atoms with E-state index in [1.807, 2.05) is 0 Å². The Balaban J connectivity index is 1.86. The molecule has 0 amide bonds. The molecule has 1 aromatic heterocycles. The monoisotopic (exact) mass is 242 g/mol. The smallest absolute Gasteiger partial charge is 0.131 e. The lowest BCUT2D eigenvalue weighted by Gasteiger charge is -2.29. The average molecular weight is 242 g/mol. The van der Waals surface area contributed by atoms with Crippen molar-refractivity contribution < 1.29 is 9.26 Å². The van der Waals surface area contributed by atoms with Gasteiger partial charge >= 0.3 is 0 Å². The van der Waals surface area contributed by atoms with Gasteiger partial charge in [0.15, 0.2) is 0 Å². The Morgan fingerprint density at radius 2 is 2.28 bits per heavy atom. The Labute approximate surface area is 105 Å². The number of rotatable bonds is 1. The lowest BCUT2D eigenvalue weighted by molar-refractivity contribution is 0.0302. The zero-order valence-corrected chi connectivity index (χ0v) is 9.93. The molecule has 18 heavy (non-hydrogen) atoms. The molecule has 0 aliphatic carbocycles. The first kappa shape index (κ1) is 10.3. The van der Waals surface area contributed by atoms with Crippen LogP contribution in [0.4, 0.5) is 0 Å². The zero-order chi connectivity index (χ0) is 11.9. The molecule has 4 nitrogen and oxygen atoms in total. The summed E-state index contributed by atoms with van der Waals surface area (Å²) in [4.78, 5) is 0. The molecular formula is C14H14N2O2. The number of nitrogens with one attached hydrogen (secondary N) is 1. The fraction of sp³-hybridized carbons (Fsp3) is 0.357. The number of hydrogen-bond acceptors (Lipinski definition) is 4. The van der Waals surface area contributed by atoms with Gasteiger partial charge in [-0.25, -0.2) is 0 Å². The molecule has 1 N–H and O–H groups in total. The van der Waals surface area contributed by atoms with Crippen molar-refractivity contribution in [3.8, 4) is 11.1 Å². The second-order valence-electron chi connectivity index (χ2n) is 4.90. The normalized spacial score (nSPS) is 25.8. The van der Waals surface area contributed by atoms with Crippen molar-refractivity contribution in [1.82, 2.24) is 10.5 Å². The summed E-state index contributed by atoms with van der Waals surface area (Å²) in [5.41, 5.74) is 4.90. The molecule has 2 atom stereocenters. The largest absolute Gasteiger partial charge is 0.371 e. The summed E-state index contributed by atoms with van der Waals surface area (Å²) in [6.07, 6.45) is 3.78. The van der Waals surface area contributed by atoms with Gasteiger partial charge in [0.25, 0.3) is 0 Å². The Morgan fingerprint density at radius 1 is 1.28 bits per heavy atom. The predicted octanol–water partition coefficient (Wildman–Crippen LogP) is 1.93. The van der Waals surface area contributed by atoms with Gasteiger partial charge in [-0.05, 0) is 16.7 Å². The minimum absolute atomic E-state index is 0.329. The zero-order valence-electron chi connectivity index (χ0n) is 9.93. The number of nitrogens with zero attached hydrogens (tertiary/aromatic N) is 1. The Kier molecular flexibility index (Phi) is 2.25.